The number of benzene rings is 1. The summed E-state index contributed by atoms with van der Waals surface area (Å²) >= 11 is 0. The van der Waals surface area contributed by atoms with Crippen molar-refractivity contribution in [1.82, 2.24) is 25.8 Å². The van der Waals surface area contributed by atoms with E-state index in [1.165, 1.54) is 25.9 Å². The first kappa shape index (κ1) is 26.4. The maximum Gasteiger partial charge on any atom is 0.254 e. The normalized spacial score (nSPS) is 18.0. The predicted molar refractivity (Wildman–Crippen MR) is 138 cm³/mol. The molecular weight excluding hydrogens is 519 g/mol. The van der Waals surface area contributed by atoms with E-state index in [-0.39, 0.29) is 42.3 Å². The quantitative estimate of drug-likeness (QED) is 0.206. The molecule has 2 aliphatic heterocycles. The summed E-state index contributed by atoms with van der Waals surface area (Å²) in [5.41, 5.74) is 1.67. The first-order valence-corrected chi connectivity index (χ1v) is 11.4. The Balaban J connectivity index is 0.00000363. The molecule has 3 rings (SSSR count). The van der Waals surface area contributed by atoms with E-state index >= 15 is 0 Å². The number of likely N-dealkylation sites (tertiary alicyclic amines) is 1. The maximum absolute atomic E-state index is 12.5. The Bertz CT molecular complexity index is 762. The number of carbonyl (C=O) groups excluding carboxylic acids is 2. The summed E-state index contributed by atoms with van der Waals surface area (Å²) in [5.74, 6) is 1.45. The molecule has 8 nitrogen and oxygen atoms in total. The zero-order valence-electron chi connectivity index (χ0n) is 19.2. The summed E-state index contributed by atoms with van der Waals surface area (Å²) in [6, 6.07) is 7.52. The van der Waals surface area contributed by atoms with Crippen molar-refractivity contribution >= 4 is 41.8 Å². The number of aliphatic imine (C=N–C) groups is 1. The van der Waals surface area contributed by atoms with E-state index in [2.05, 4.69) is 32.8 Å². The number of halogens is 1. The molecule has 0 saturated carbocycles. The fraction of sp³-hybridized carbons (Fsp3) is 0.609. The van der Waals surface area contributed by atoms with Crippen molar-refractivity contribution in [1.29, 1.82) is 0 Å². The van der Waals surface area contributed by atoms with Gasteiger partial charge in [0, 0.05) is 38.8 Å². The molecule has 0 aromatic heterocycles. The molecule has 2 fully saturated rings. The average molecular weight is 556 g/mol. The zero-order chi connectivity index (χ0) is 22.1. The van der Waals surface area contributed by atoms with Gasteiger partial charge in [0.05, 0.1) is 6.54 Å². The number of hydrogen-bond acceptors (Lipinski definition) is 4. The Morgan fingerprint density at radius 1 is 1.16 bits per heavy atom. The minimum atomic E-state index is -0.107. The lowest BCUT2D eigenvalue weighted by atomic mass is 9.99. The van der Waals surface area contributed by atoms with E-state index in [0.717, 1.165) is 37.0 Å². The third-order valence-electron chi connectivity index (χ3n) is 6.03. The molecule has 1 aromatic carbocycles. The van der Waals surface area contributed by atoms with Crippen molar-refractivity contribution < 1.29 is 9.59 Å². The fourth-order valence-electron chi connectivity index (χ4n) is 3.96. The fourth-order valence-corrected chi connectivity index (χ4v) is 3.96. The number of piperazine rings is 1. The van der Waals surface area contributed by atoms with Crippen molar-refractivity contribution in [3.63, 3.8) is 0 Å². The summed E-state index contributed by atoms with van der Waals surface area (Å²) in [6.07, 6.45) is 3.73. The van der Waals surface area contributed by atoms with Crippen LogP contribution in [0.3, 0.4) is 0 Å². The molecule has 0 radical (unpaired) electrons. The van der Waals surface area contributed by atoms with Crippen molar-refractivity contribution in [3.05, 3.63) is 35.4 Å². The molecule has 0 unspecified atom stereocenters. The van der Waals surface area contributed by atoms with Gasteiger partial charge < -0.3 is 25.8 Å². The molecular formula is C23H37IN6O2. The standard InChI is InChI=1S/C23H36N6O2.HI/c1-18-8-13-28(14-9-18)12-3-10-26-23(24-2)27-16-19-4-6-20(7-5-19)22(31)29-15-11-25-21(30)17-29;/h4-7,18H,3,8-17H2,1-2H3,(H,25,30)(H2,24,26,27);1H. The number of carbonyl (C=O) groups is 2. The van der Waals surface area contributed by atoms with Crippen molar-refractivity contribution in [2.45, 2.75) is 32.7 Å². The Labute approximate surface area is 208 Å². The van der Waals surface area contributed by atoms with E-state index in [1.807, 2.05) is 24.3 Å². The van der Waals surface area contributed by atoms with E-state index in [0.29, 0.717) is 25.2 Å². The van der Waals surface area contributed by atoms with Crippen LogP contribution in [0.4, 0.5) is 0 Å². The number of guanidine groups is 1. The van der Waals surface area contributed by atoms with Crippen LogP contribution in [0.15, 0.2) is 29.3 Å². The highest BCUT2D eigenvalue weighted by Crippen LogP contribution is 2.15. The number of rotatable bonds is 7. The molecule has 2 aliphatic rings. The molecule has 32 heavy (non-hydrogen) atoms. The maximum atomic E-state index is 12.5. The van der Waals surface area contributed by atoms with Gasteiger partial charge >= 0.3 is 0 Å². The van der Waals surface area contributed by atoms with Crippen LogP contribution < -0.4 is 16.0 Å². The van der Waals surface area contributed by atoms with Gasteiger partial charge in [-0.2, -0.15) is 0 Å². The minimum Gasteiger partial charge on any atom is -0.356 e. The van der Waals surface area contributed by atoms with E-state index in [4.69, 9.17) is 0 Å². The van der Waals surface area contributed by atoms with Gasteiger partial charge in [0.15, 0.2) is 5.96 Å². The topological polar surface area (TPSA) is 89.1 Å². The first-order valence-electron chi connectivity index (χ1n) is 11.4. The van der Waals surface area contributed by atoms with Crippen molar-refractivity contribution in [3.8, 4) is 0 Å². The molecule has 1 aromatic rings. The van der Waals surface area contributed by atoms with E-state index < -0.39 is 0 Å². The SMILES string of the molecule is CN=C(NCCCN1CCC(C)CC1)NCc1ccc(C(=O)N2CCNC(=O)C2)cc1.I. The van der Waals surface area contributed by atoms with Gasteiger partial charge in [0.25, 0.3) is 5.91 Å². The average Bonchev–Trinajstić information content (AvgIpc) is 2.79. The van der Waals surface area contributed by atoms with E-state index in [1.54, 1.807) is 11.9 Å². The molecule has 2 heterocycles. The third-order valence-corrected chi connectivity index (χ3v) is 6.03. The van der Waals surface area contributed by atoms with Gasteiger partial charge in [-0.3, -0.25) is 14.6 Å². The predicted octanol–water partition coefficient (Wildman–Crippen LogP) is 1.66. The van der Waals surface area contributed by atoms with E-state index in [9.17, 15) is 9.59 Å². The van der Waals surface area contributed by atoms with Gasteiger partial charge in [0.1, 0.15) is 0 Å². The molecule has 178 valence electrons. The summed E-state index contributed by atoms with van der Waals surface area (Å²) in [5, 5.41) is 9.44. The van der Waals surface area contributed by atoms with Gasteiger partial charge in [-0.25, -0.2) is 0 Å². The monoisotopic (exact) mass is 556 g/mol. The van der Waals surface area contributed by atoms with Gasteiger partial charge in [-0.15, -0.1) is 24.0 Å². The Morgan fingerprint density at radius 3 is 2.53 bits per heavy atom. The first-order chi connectivity index (χ1) is 15.0. The van der Waals surface area contributed by atoms with Crippen LogP contribution in [0.5, 0.6) is 0 Å². The molecule has 0 atom stereocenters. The Morgan fingerprint density at radius 2 is 1.88 bits per heavy atom. The zero-order valence-corrected chi connectivity index (χ0v) is 21.6. The smallest absolute Gasteiger partial charge is 0.254 e. The molecule has 0 bridgehead atoms. The lowest BCUT2D eigenvalue weighted by molar-refractivity contribution is -0.123. The summed E-state index contributed by atoms with van der Waals surface area (Å²) < 4.78 is 0. The van der Waals surface area contributed by atoms with Crippen molar-refractivity contribution in [2.24, 2.45) is 10.9 Å². The van der Waals surface area contributed by atoms with Gasteiger partial charge in [0.2, 0.25) is 5.91 Å². The van der Waals surface area contributed by atoms with Crippen LogP contribution in [0, 0.1) is 5.92 Å². The molecule has 2 saturated heterocycles. The number of piperidine rings is 1. The summed E-state index contributed by atoms with van der Waals surface area (Å²) in [7, 11) is 1.78. The van der Waals surface area contributed by atoms with Gasteiger partial charge in [-0.05, 0) is 62.5 Å². The lowest BCUT2D eigenvalue weighted by Gasteiger charge is -2.30. The summed E-state index contributed by atoms with van der Waals surface area (Å²) in [6.45, 7) is 8.62. The van der Waals surface area contributed by atoms with Crippen LogP contribution in [0.1, 0.15) is 42.1 Å². The second-order valence-electron chi connectivity index (χ2n) is 8.50. The van der Waals surface area contributed by atoms with Crippen LogP contribution >= 0.6 is 24.0 Å². The molecule has 3 N–H and O–H groups in total. The highest BCUT2D eigenvalue weighted by molar-refractivity contribution is 14.0. The number of nitrogens with zero attached hydrogens (tertiary/aromatic N) is 3. The second kappa shape index (κ2) is 13.6. The molecule has 0 aliphatic carbocycles. The largest absolute Gasteiger partial charge is 0.356 e. The number of amides is 2. The minimum absolute atomic E-state index is 0. The highest BCUT2D eigenvalue weighted by Gasteiger charge is 2.22. The number of hydrogen-bond donors (Lipinski definition) is 3. The summed E-state index contributed by atoms with van der Waals surface area (Å²) in [4.78, 5) is 32.5. The third kappa shape index (κ3) is 8.23. The van der Waals surface area contributed by atoms with Gasteiger partial charge in [-0.1, -0.05) is 19.1 Å². The highest BCUT2D eigenvalue weighted by atomic mass is 127. The molecule has 2 amide bonds. The Kier molecular flexibility index (Phi) is 11.2. The lowest BCUT2D eigenvalue weighted by Crippen LogP contribution is -2.49. The van der Waals surface area contributed by atoms with Crippen molar-refractivity contribution in [2.75, 3.05) is 52.9 Å². The van der Waals surface area contributed by atoms with Crippen LogP contribution in [0.2, 0.25) is 0 Å². The van der Waals surface area contributed by atoms with Crippen LogP contribution in [0.25, 0.3) is 0 Å². The Hall–Kier alpha value is -1.88. The molecule has 0 spiro atoms. The van der Waals surface area contributed by atoms with Crippen LogP contribution in [-0.2, 0) is 11.3 Å². The molecule has 9 heteroatoms. The van der Waals surface area contributed by atoms with Crippen LogP contribution in [-0.4, -0.2) is 80.4 Å². The number of nitrogens with one attached hydrogen (secondary N) is 3. The second-order valence-corrected chi connectivity index (χ2v) is 8.50.